The van der Waals surface area contributed by atoms with Crippen LogP contribution in [-0.2, 0) is 4.79 Å². The zero-order chi connectivity index (χ0) is 14.3. The van der Waals surface area contributed by atoms with Crippen LogP contribution < -0.4 is 10.6 Å². The maximum absolute atomic E-state index is 12.2. The summed E-state index contributed by atoms with van der Waals surface area (Å²) in [5.41, 5.74) is 0.0557. The molecular weight excluding hydrogens is 236 g/mol. The van der Waals surface area contributed by atoms with E-state index < -0.39 is 0 Å². The first-order chi connectivity index (χ1) is 8.97. The summed E-state index contributed by atoms with van der Waals surface area (Å²) in [6.45, 7) is 6.58. The van der Waals surface area contributed by atoms with E-state index in [1.807, 2.05) is 7.05 Å². The molecule has 0 heterocycles. The molecule has 3 nitrogen and oxygen atoms in total. The molecule has 1 amide bonds. The molecule has 1 aliphatic rings. The number of hydrogen-bond donors (Lipinski definition) is 2. The van der Waals surface area contributed by atoms with Crippen molar-refractivity contribution >= 4 is 5.91 Å². The van der Waals surface area contributed by atoms with Gasteiger partial charge >= 0.3 is 0 Å². The molecule has 1 rings (SSSR count). The van der Waals surface area contributed by atoms with E-state index in [-0.39, 0.29) is 11.4 Å². The first kappa shape index (κ1) is 16.5. The van der Waals surface area contributed by atoms with Crippen LogP contribution in [0.5, 0.6) is 0 Å². The van der Waals surface area contributed by atoms with Gasteiger partial charge < -0.3 is 10.6 Å². The van der Waals surface area contributed by atoms with Crippen molar-refractivity contribution in [2.75, 3.05) is 7.05 Å². The van der Waals surface area contributed by atoms with E-state index in [1.165, 1.54) is 25.7 Å². The minimum Gasteiger partial charge on any atom is -0.354 e. The van der Waals surface area contributed by atoms with Gasteiger partial charge in [-0.2, -0.15) is 0 Å². The van der Waals surface area contributed by atoms with E-state index in [4.69, 9.17) is 0 Å². The van der Waals surface area contributed by atoms with Gasteiger partial charge in [0.2, 0.25) is 5.91 Å². The lowest BCUT2D eigenvalue weighted by molar-refractivity contribution is -0.123. The Hall–Kier alpha value is -0.570. The zero-order valence-electron chi connectivity index (χ0n) is 13.2. The molecule has 0 aromatic carbocycles. The Labute approximate surface area is 118 Å². The van der Waals surface area contributed by atoms with Gasteiger partial charge in [-0.15, -0.1) is 0 Å². The summed E-state index contributed by atoms with van der Waals surface area (Å²) in [5, 5.41) is 6.57. The van der Waals surface area contributed by atoms with Crippen molar-refractivity contribution < 1.29 is 4.79 Å². The third-order valence-electron chi connectivity index (χ3n) is 4.42. The first-order valence-corrected chi connectivity index (χ1v) is 7.96. The summed E-state index contributed by atoms with van der Waals surface area (Å²) in [4.78, 5) is 12.2. The Morgan fingerprint density at radius 3 is 2.26 bits per heavy atom. The minimum atomic E-state index is 0.0557. The fourth-order valence-corrected chi connectivity index (χ4v) is 3.03. The van der Waals surface area contributed by atoms with E-state index in [1.54, 1.807) is 0 Å². The molecule has 0 radical (unpaired) electrons. The topological polar surface area (TPSA) is 41.1 Å². The second kappa shape index (κ2) is 7.88. The van der Waals surface area contributed by atoms with Gasteiger partial charge in [-0.25, -0.2) is 0 Å². The maximum atomic E-state index is 12.2. The molecule has 0 aromatic heterocycles. The van der Waals surface area contributed by atoms with E-state index in [9.17, 15) is 4.79 Å². The third kappa shape index (κ3) is 5.94. The molecule has 1 atom stereocenters. The molecule has 0 aliphatic heterocycles. The molecule has 1 aliphatic carbocycles. The van der Waals surface area contributed by atoms with Crippen LogP contribution in [-0.4, -0.2) is 24.5 Å². The molecule has 1 saturated carbocycles. The number of carbonyl (C=O) groups is 1. The highest BCUT2D eigenvalue weighted by molar-refractivity contribution is 5.77. The zero-order valence-corrected chi connectivity index (χ0v) is 13.2. The first-order valence-electron chi connectivity index (χ1n) is 7.96. The van der Waals surface area contributed by atoms with Crippen molar-refractivity contribution in [2.45, 2.75) is 83.7 Å². The van der Waals surface area contributed by atoms with Gasteiger partial charge in [0.15, 0.2) is 0 Å². The lowest BCUT2D eigenvalue weighted by Crippen LogP contribution is -2.49. The van der Waals surface area contributed by atoms with Gasteiger partial charge in [0.25, 0.3) is 0 Å². The Balaban J connectivity index is 2.36. The Morgan fingerprint density at radius 1 is 1.11 bits per heavy atom. The largest absolute Gasteiger partial charge is 0.354 e. The normalized spacial score (nSPS) is 20.3. The van der Waals surface area contributed by atoms with Crippen LogP contribution in [0.25, 0.3) is 0 Å². The molecule has 112 valence electrons. The molecule has 0 saturated heterocycles. The van der Waals surface area contributed by atoms with Crippen molar-refractivity contribution in [1.82, 2.24) is 10.6 Å². The third-order valence-corrected chi connectivity index (χ3v) is 4.42. The molecule has 1 unspecified atom stereocenters. The van der Waals surface area contributed by atoms with E-state index in [0.717, 1.165) is 19.3 Å². The average Bonchev–Trinajstić information content (AvgIpc) is 2.37. The lowest BCUT2D eigenvalue weighted by Gasteiger charge is -2.37. The van der Waals surface area contributed by atoms with Crippen molar-refractivity contribution in [1.29, 1.82) is 0 Å². The van der Waals surface area contributed by atoms with Gasteiger partial charge in [0.05, 0.1) is 0 Å². The summed E-state index contributed by atoms with van der Waals surface area (Å²) < 4.78 is 0. The number of amides is 1. The smallest absolute Gasteiger partial charge is 0.222 e. The average molecular weight is 268 g/mol. The quantitative estimate of drug-likeness (QED) is 0.744. The second-order valence-electron chi connectivity index (χ2n) is 6.71. The van der Waals surface area contributed by atoms with Crippen LogP contribution >= 0.6 is 0 Å². The molecular formula is C16H32N2O. The van der Waals surface area contributed by atoms with Crippen molar-refractivity contribution in [3.63, 3.8) is 0 Å². The van der Waals surface area contributed by atoms with Crippen LogP contribution in [0.4, 0.5) is 0 Å². The fraction of sp³-hybridized carbons (Fsp3) is 0.938. The van der Waals surface area contributed by atoms with E-state index >= 15 is 0 Å². The highest BCUT2D eigenvalue weighted by Crippen LogP contribution is 2.30. The van der Waals surface area contributed by atoms with Gasteiger partial charge in [-0.05, 0) is 45.6 Å². The minimum absolute atomic E-state index is 0.0557. The van der Waals surface area contributed by atoms with Gasteiger partial charge in [-0.3, -0.25) is 4.79 Å². The predicted octanol–water partition coefficient (Wildman–Crippen LogP) is 3.24. The van der Waals surface area contributed by atoms with Gasteiger partial charge in [0.1, 0.15) is 0 Å². The summed E-state index contributed by atoms with van der Waals surface area (Å²) in [6.07, 6.45) is 8.97. The lowest BCUT2D eigenvalue weighted by atomic mass is 9.79. The van der Waals surface area contributed by atoms with E-state index in [2.05, 4.69) is 31.4 Å². The fourth-order valence-electron chi connectivity index (χ4n) is 3.03. The Kier molecular flexibility index (Phi) is 6.84. The SMILES string of the molecule is CNC1(CC(=O)NC(C)CCC(C)C)CCCCC1. The molecule has 0 aromatic rings. The molecule has 3 heteroatoms. The van der Waals surface area contributed by atoms with Crippen molar-refractivity contribution in [3.05, 3.63) is 0 Å². The molecule has 0 bridgehead atoms. The second-order valence-corrected chi connectivity index (χ2v) is 6.71. The monoisotopic (exact) mass is 268 g/mol. The predicted molar refractivity (Wildman–Crippen MR) is 81.2 cm³/mol. The van der Waals surface area contributed by atoms with Crippen LogP contribution in [0.1, 0.15) is 72.1 Å². The summed E-state index contributed by atoms with van der Waals surface area (Å²) in [7, 11) is 2.00. The number of rotatable bonds is 7. The summed E-state index contributed by atoms with van der Waals surface area (Å²) in [5.74, 6) is 0.925. The molecule has 19 heavy (non-hydrogen) atoms. The highest BCUT2D eigenvalue weighted by atomic mass is 16.1. The van der Waals surface area contributed by atoms with Crippen molar-refractivity contribution in [3.8, 4) is 0 Å². The van der Waals surface area contributed by atoms with Crippen molar-refractivity contribution in [2.24, 2.45) is 5.92 Å². The number of nitrogens with one attached hydrogen (secondary N) is 2. The van der Waals surface area contributed by atoms with Crippen LogP contribution in [0.15, 0.2) is 0 Å². The van der Waals surface area contributed by atoms with Crippen LogP contribution in [0.2, 0.25) is 0 Å². The molecule has 0 spiro atoms. The van der Waals surface area contributed by atoms with Crippen LogP contribution in [0, 0.1) is 5.92 Å². The number of hydrogen-bond acceptors (Lipinski definition) is 2. The number of carbonyl (C=O) groups excluding carboxylic acids is 1. The highest BCUT2D eigenvalue weighted by Gasteiger charge is 2.32. The standard InChI is InChI=1S/C16H32N2O/c1-13(2)8-9-14(3)18-15(19)12-16(17-4)10-6-5-7-11-16/h13-14,17H,5-12H2,1-4H3,(H,18,19). The Morgan fingerprint density at radius 2 is 1.74 bits per heavy atom. The molecule has 1 fully saturated rings. The van der Waals surface area contributed by atoms with Gasteiger partial charge in [-0.1, -0.05) is 33.1 Å². The summed E-state index contributed by atoms with van der Waals surface area (Å²) >= 11 is 0. The van der Waals surface area contributed by atoms with Crippen LogP contribution in [0.3, 0.4) is 0 Å². The van der Waals surface area contributed by atoms with Gasteiger partial charge in [0, 0.05) is 18.0 Å². The Bertz CT molecular complexity index is 270. The molecule has 2 N–H and O–H groups in total. The maximum Gasteiger partial charge on any atom is 0.222 e. The van der Waals surface area contributed by atoms with E-state index in [0.29, 0.717) is 18.4 Å². The summed E-state index contributed by atoms with van der Waals surface area (Å²) in [6, 6.07) is 0.299.